The van der Waals surface area contributed by atoms with Crippen LogP contribution in [0.3, 0.4) is 0 Å². The van der Waals surface area contributed by atoms with Gasteiger partial charge in [-0.15, -0.1) is 0 Å². The Balaban J connectivity index is 2.14. The second-order valence-corrected chi connectivity index (χ2v) is 11.7. The van der Waals surface area contributed by atoms with Crippen LogP contribution in [0.1, 0.15) is 52.5 Å². The fraction of sp³-hybridized carbons (Fsp3) is 0.562. The minimum Gasteiger partial charge on any atom is -0.505 e. The number of primary amides is 1. The van der Waals surface area contributed by atoms with Gasteiger partial charge >= 0.3 is 6.09 Å². The van der Waals surface area contributed by atoms with Crippen molar-refractivity contribution >= 4 is 29.6 Å². The van der Waals surface area contributed by atoms with Gasteiger partial charge in [0.25, 0.3) is 11.9 Å². The predicted molar refractivity (Wildman–Crippen MR) is 174 cm³/mol. The van der Waals surface area contributed by atoms with E-state index >= 15 is 0 Å². The van der Waals surface area contributed by atoms with E-state index in [1.54, 1.807) is 40.1 Å². The Morgan fingerprint density at radius 2 is 1.87 bits per heavy atom. The number of hydrogen-bond donors (Lipinski definition) is 5. The molecule has 6 atom stereocenters. The maximum atomic E-state index is 13.3. The Bertz CT molecular complexity index is 1540. The zero-order valence-corrected chi connectivity index (χ0v) is 27.8. The number of phenolic OH excluding ortho intramolecular Hbond substituents is 1. The Labute approximate surface area is 269 Å². The second kappa shape index (κ2) is 16.4. The van der Waals surface area contributed by atoms with Crippen molar-refractivity contribution in [3.05, 3.63) is 45.6 Å². The van der Waals surface area contributed by atoms with Gasteiger partial charge in [-0.3, -0.25) is 9.79 Å². The number of phenols is 1. The van der Waals surface area contributed by atoms with Crippen LogP contribution in [0.4, 0.5) is 10.5 Å². The fourth-order valence-electron chi connectivity index (χ4n) is 5.70. The van der Waals surface area contributed by atoms with E-state index in [-0.39, 0.29) is 23.3 Å². The summed E-state index contributed by atoms with van der Waals surface area (Å²) < 4.78 is 16.9. The molecule has 46 heavy (non-hydrogen) atoms. The van der Waals surface area contributed by atoms with Gasteiger partial charge in [-0.25, -0.2) is 14.8 Å². The number of benzene rings is 1. The number of aromatic hydroxyl groups is 1. The first-order valence-corrected chi connectivity index (χ1v) is 15.2. The summed E-state index contributed by atoms with van der Waals surface area (Å²) in [6.07, 6.45) is 1.30. The summed E-state index contributed by atoms with van der Waals surface area (Å²) in [6, 6.07) is 1.56. The van der Waals surface area contributed by atoms with E-state index in [4.69, 9.17) is 19.9 Å². The largest absolute Gasteiger partial charge is 0.505 e. The number of amides is 2. The number of rotatable bonds is 3. The van der Waals surface area contributed by atoms with Gasteiger partial charge in [0.05, 0.1) is 34.7 Å². The minimum absolute atomic E-state index is 0.119. The summed E-state index contributed by atoms with van der Waals surface area (Å²) in [5.41, 5.74) is 7.12. The Morgan fingerprint density at radius 1 is 1.17 bits per heavy atom. The van der Waals surface area contributed by atoms with Crippen LogP contribution < -0.4 is 27.1 Å². The zero-order chi connectivity index (χ0) is 34.1. The average Bonchev–Trinajstić information content (AvgIpc) is 3.42. The summed E-state index contributed by atoms with van der Waals surface area (Å²) in [5, 5.41) is 29.4. The van der Waals surface area contributed by atoms with Gasteiger partial charge < -0.3 is 40.8 Å². The van der Waals surface area contributed by atoms with E-state index in [0.717, 1.165) is 0 Å². The van der Waals surface area contributed by atoms with Crippen molar-refractivity contribution in [1.82, 2.24) is 5.32 Å². The summed E-state index contributed by atoms with van der Waals surface area (Å²) in [7, 11) is 6.31. The molecule has 1 aromatic rings. The van der Waals surface area contributed by atoms with Gasteiger partial charge in [0, 0.05) is 45.4 Å². The fourth-order valence-corrected chi connectivity index (χ4v) is 5.70. The van der Waals surface area contributed by atoms with E-state index < -0.39 is 42.3 Å². The van der Waals surface area contributed by atoms with Crippen molar-refractivity contribution in [3.63, 3.8) is 0 Å². The number of hydrogen-bond acceptors (Lipinski definition) is 8. The molecule has 0 saturated carbocycles. The highest BCUT2D eigenvalue weighted by Crippen LogP contribution is 2.30. The highest BCUT2D eigenvalue weighted by Gasteiger charge is 2.30. The van der Waals surface area contributed by atoms with Gasteiger partial charge in [0.1, 0.15) is 5.75 Å². The van der Waals surface area contributed by atoms with Crippen LogP contribution in [0.25, 0.3) is 0 Å². The highest BCUT2D eigenvalue weighted by molar-refractivity contribution is 6.04. The third kappa shape index (κ3) is 8.98. The summed E-state index contributed by atoms with van der Waals surface area (Å²) in [5.74, 6) is -0.579. The van der Waals surface area contributed by atoms with Crippen LogP contribution in [0.15, 0.2) is 49.3 Å². The highest BCUT2D eigenvalue weighted by atomic mass is 16.6. The molecule has 0 radical (unpaired) electrons. The van der Waals surface area contributed by atoms with E-state index in [2.05, 4.69) is 30.6 Å². The number of methoxy groups -OCH3 is 2. The molecule has 2 heterocycles. The van der Waals surface area contributed by atoms with E-state index in [1.165, 1.54) is 14.2 Å². The van der Waals surface area contributed by atoms with E-state index in [1.807, 2.05) is 19.9 Å². The first-order valence-electron chi connectivity index (χ1n) is 15.2. The lowest BCUT2D eigenvalue weighted by Crippen LogP contribution is -2.38. The number of ether oxygens (including phenoxy) is 3. The van der Waals surface area contributed by atoms with E-state index in [9.17, 15) is 19.8 Å². The van der Waals surface area contributed by atoms with Gasteiger partial charge in [-0.05, 0) is 57.1 Å². The van der Waals surface area contributed by atoms with Crippen molar-refractivity contribution in [2.75, 3.05) is 33.6 Å². The van der Waals surface area contributed by atoms with Gasteiger partial charge in [0.2, 0.25) is 5.96 Å². The lowest BCUT2D eigenvalue weighted by molar-refractivity contribution is -0.112. The quantitative estimate of drug-likeness (QED) is 0.142. The first-order chi connectivity index (χ1) is 21.8. The number of aliphatic hydroxyl groups excluding tert-OH is 1. The molecule has 0 saturated heterocycles. The summed E-state index contributed by atoms with van der Waals surface area (Å²) >= 11 is 0. The molecule has 2 amide bonds. The van der Waals surface area contributed by atoms with Crippen LogP contribution in [0.5, 0.6) is 5.75 Å². The molecule has 14 nitrogen and oxygen atoms in total. The number of carbonyl (C=O) groups excluding carboxylic acids is 2. The molecule has 14 heteroatoms. The minimum atomic E-state index is -0.952. The maximum absolute atomic E-state index is 13.3. The molecule has 0 unspecified atom stereocenters. The Hall–Kier alpha value is -4.14. The SMILES string of the molecule is CN=C(/N=C1/N=c2cc3c(O)c(c2=N1)C[C@@H](C)C[C@H](OC)[C@H](O)[C@@H](C)/C=C(\C)[C@H](OC(N)=O)[C@@H](OC)CC/C=C(\C)C(=O)N3)NC. The smallest absolute Gasteiger partial charge is 0.405 e. The van der Waals surface area contributed by atoms with Crippen molar-refractivity contribution < 1.29 is 34.0 Å². The summed E-state index contributed by atoms with van der Waals surface area (Å²) in [6.45, 7) is 7.28. The number of carbonyl (C=O) groups is 2. The lowest BCUT2D eigenvalue weighted by atomic mass is 9.87. The van der Waals surface area contributed by atoms with Crippen molar-refractivity contribution in [2.24, 2.45) is 37.5 Å². The lowest BCUT2D eigenvalue weighted by Gasteiger charge is -2.30. The number of aliphatic hydroxyl groups is 1. The van der Waals surface area contributed by atoms with Crippen LogP contribution in [-0.2, 0) is 25.4 Å². The number of nitrogens with zero attached hydrogens (tertiary/aromatic N) is 4. The number of fused-ring (bicyclic) bond motifs is 4. The molecule has 252 valence electrons. The molecule has 2 aliphatic rings. The molecule has 2 aliphatic heterocycles. The zero-order valence-electron chi connectivity index (χ0n) is 27.8. The molecule has 0 aliphatic carbocycles. The van der Waals surface area contributed by atoms with Crippen LogP contribution in [-0.4, -0.2) is 86.9 Å². The van der Waals surface area contributed by atoms with Crippen molar-refractivity contribution in [3.8, 4) is 5.75 Å². The monoisotopic (exact) mass is 641 g/mol. The third-order valence-corrected chi connectivity index (χ3v) is 8.20. The second-order valence-electron chi connectivity index (χ2n) is 11.7. The predicted octanol–water partition coefficient (Wildman–Crippen LogP) is 1.89. The van der Waals surface area contributed by atoms with Crippen molar-refractivity contribution in [1.29, 1.82) is 0 Å². The number of nitrogens with two attached hydrogens (primary N) is 1. The summed E-state index contributed by atoms with van der Waals surface area (Å²) in [4.78, 5) is 42.6. The molecule has 0 spiro atoms. The Morgan fingerprint density at radius 3 is 2.48 bits per heavy atom. The number of anilines is 1. The molecular weight excluding hydrogens is 594 g/mol. The standard InChI is InChI=1S/C32H47N7O7/c1-16-12-20-25-21(37-32(38-25)39-31(34-5)35-6)15-22(27(20)41)36-29(42)17(2)10-9-11-23(44-7)28(46-30(33)43)19(4)14-18(3)26(40)24(13-16)45-8/h10,14-16,18,23-24,26,28,40-41H,9,11-13H2,1-8H3,(H2,33,43)(H,34,35)(H,36,42)/b17-10+,19-14+,39-32-/t16-,18+,23+,24+,26-,28+/m1/s1. The molecule has 0 aromatic heterocycles. The van der Waals surface area contributed by atoms with Crippen LogP contribution in [0.2, 0.25) is 0 Å². The van der Waals surface area contributed by atoms with Gasteiger partial charge in [-0.2, -0.15) is 4.99 Å². The third-order valence-electron chi connectivity index (χ3n) is 8.20. The van der Waals surface area contributed by atoms with Crippen LogP contribution >= 0.6 is 0 Å². The molecular formula is C32H47N7O7. The molecule has 6 N–H and O–H groups in total. The normalized spacial score (nSPS) is 29.7. The first kappa shape index (κ1) is 36.3. The molecule has 3 rings (SSSR count). The maximum Gasteiger partial charge on any atom is 0.405 e. The molecule has 1 aromatic carbocycles. The average molecular weight is 642 g/mol. The number of allylic oxidation sites excluding steroid dienone is 1. The van der Waals surface area contributed by atoms with Gasteiger partial charge in [-0.1, -0.05) is 26.0 Å². The topological polar surface area (TPSA) is 202 Å². The molecule has 2 bridgehead atoms. The van der Waals surface area contributed by atoms with Gasteiger partial charge in [0.15, 0.2) is 6.10 Å². The number of guanidine groups is 2. The van der Waals surface area contributed by atoms with Crippen molar-refractivity contribution in [2.45, 2.75) is 77.8 Å². The van der Waals surface area contributed by atoms with Crippen LogP contribution in [0, 0.1) is 11.8 Å². The molecule has 0 fully saturated rings. The van der Waals surface area contributed by atoms with E-state index in [0.29, 0.717) is 59.1 Å². The Kier molecular flexibility index (Phi) is 13.0. The number of aliphatic imine (C=N–C) groups is 2. The number of nitrogens with one attached hydrogen (secondary N) is 2.